The first-order valence-corrected chi connectivity index (χ1v) is 8.88. The highest BCUT2D eigenvalue weighted by Gasteiger charge is 2.25. The van der Waals surface area contributed by atoms with Crippen LogP contribution in [0.25, 0.3) is 0 Å². The Kier molecular flexibility index (Phi) is 7.37. The minimum atomic E-state index is -0.940. The van der Waals surface area contributed by atoms with Crippen LogP contribution in [0.5, 0.6) is 0 Å². The first kappa shape index (κ1) is 20.5. The van der Waals surface area contributed by atoms with Gasteiger partial charge in [-0.25, -0.2) is 0 Å². The molecule has 0 bridgehead atoms. The van der Waals surface area contributed by atoms with Crippen LogP contribution < -0.4 is 16.4 Å². The quantitative estimate of drug-likeness (QED) is 0.641. The van der Waals surface area contributed by atoms with Gasteiger partial charge in [-0.05, 0) is 17.2 Å². The van der Waals surface area contributed by atoms with Crippen LogP contribution in [0.3, 0.4) is 0 Å². The summed E-state index contributed by atoms with van der Waals surface area (Å²) in [6, 6.07) is 14.5. The average Bonchev–Trinajstić information content (AvgIpc) is 2.62. The van der Waals surface area contributed by atoms with E-state index in [9.17, 15) is 14.4 Å². The summed E-state index contributed by atoms with van der Waals surface area (Å²) < 4.78 is 0. The maximum absolute atomic E-state index is 12.7. The summed E-state index contributed by atoms with van der Waals surface area (Å²) in [6.45, 7) is 1.33. The lowest BCUT2D eigenvalue weighted by atomic mass is 10.0. The van der Waals surface area contributed by atoms with Crippen LogP contribution in [0, 0.1) is 0 Å². The van der Waals surface area contributed by atoms with Gasteiger partial charge in [0.2, 0.25) is 17.7 Å². The number of halogens is 1. The third-order valence-electron chi connectivity index (χ3n) is 4.02. The van der Waals surface area contributed by atoms with Crippen LogP contribution in [0.15, 0.2) is 54.6 Å². The molecule has 0 aliphatic carbocycles. The molecule has 0 radical (unpaired) electrons. The Morgan fingerprint density at radius 3 is 2.15 bits per heavy atom. The van der Waals surface area contributed by atoms with E-state index in [2.05, 4.69) is 10.6 Å². The van der Waals surface area contributed by atoms with Crippen molar-refractivity contribution in [3.63, 3.8) is 0 Å². The molecule has 0 unspecified atom stereocenters. The van der Waals surface area contributed by atoms with E-state index in [4.69, 9.17) is 17.3 Å². The fourth-order valence-electron chi connectivity index (χ4n) is 2.68. The number of amides is 3. The molecular weight excluding hydrogens is 366 g/mol. The summed E-state index contributed by atoms with van der Waals surface area (Å²) in [4.78, 5) is 36.0. The van der Waals surface area contributed by atoms with Crippen LogP contribution in [-0.2, 0) is 27.2 Å². The lowest BCUT2D eigenvalue weighted by Gasteiger charge is -2.22. The van der Waals surface area contributed by atoms with E-state index in [1.807, 2.05) is 30.3 Å². The zero-order valence-corrected chi connectivity index (χ0v) is 15.7. The summed E-state index contributed by atoms with van der Waals surface area (Å²) in [5.41, 5.74) is 7.03. The van der Waals surface area contributed by atoms with Gasteiger partial charge in [0.05, 0.1) is 0 Å². The molecule has 3 amide bonds. The summed E-state index contributed by atoms with van der Waals surface area (Å²) in [7, 11) is 0. The Labute approximate surface area is 163 Å². The van der Waals surface area contributed by atoms with Gasteiger partial charge in [-0.3, -0.25) is 14.4 Å². The van der Waals surface area contributed by atoms with E-state index < -0.39 is 23.9 Å². The Bertz CT molecular complexity index is 811. The zero-order valence-electron chi connectivity index (χ0n) is 14.9. The third kappa shape index (κ3) is 6.42. The van der Waals surface area contributed by atoms with Crippen molar-refractivity contribution in [2.75, 3.05) is 0 Å². The van der Waals surface area contributed by atoms with Crippen LogP contribution in [0.4, 0.5) is 0 Å². The molecule has 0 aromatic heterocycles. The van der Waals surface area contributed by atoms with Gasteiger partial charge in [0.25, 0.3) is 0 Å². The summed E-state index contributed by atoms with van der Waals surface area (Å²) in [5.74, 6) is -1.50. The van der Waals surface area contributed by atoms with Gasteiger partial charge in [0, 0.05) is 24.8 Å². The summed E-state index contributed by atoms with van der Waals surface area (Å²) in [5, 5.41) is 5.74. The summed E-state index contributed by atoms with van der Waals surface area (Å²) in [6.07, 6.45) is 0.461. The van der Waals surface area contributed by atoms with E-state index in [0.717, 1.165) is 5.56 Å². The van der Waals surface area contributed by atoms with Crippen molar-refractivity contribution in [1.82, 2.24) is 10.6 Å². The molecule has 7 heteroatoms. The molecule has 2 aromatic rings. The number of nitrogens with two attached hydrogens (primary N) is 1. The number of primary amides is 1. The molecule has 142 valence electrons. The van der Waals surface area contributed by atoms with Gasteiger partial charge < -0.3 is 16.4 Å². The molecule has 0 spiro atoms. The van der Waals surface area contributed by atoms with Gasteiger partial charge in [-0.2, -0.15) is 0 Å². The monoisotopic (exact) mass is 387 g/mol. The predicted octanol–water partition coefficient (Wildman–Crippen LogP) is 1.60. The van der Waals surface area contributed by atoms with Crippen molar-refractivity contribution in [2.45, 2.75) is 31.8 Å². The molecule has 0 aliphatic rings. The van der Waals surface area contributed by atoms with E-state index in [1.54, 1.807) is 24.3 Å². The minimum absolute atomic E-state index is 0.166. The van der Waals surface area contributed by atoms with Crippen molar-refractivity contribution in [3.8, 4) is 0 Å². The zero-order chi connectivity index (χ0) is 19.8. The van der Waals surface area contributed by atoms with Gasteiger partial charge in [-0.15, -0.1) is 0 Å². The van der Waals surface area contributed by atoms with Gasteiger partial charge in [0.15, 0.2) is 0 Å². The Hall–Kier alpha value is -2.86. The second-order valence-corrected chi connectivity index (χ2v) is 6.61. The lowest BCUT2D eigenvalue weighted by Crippen LogP contribution is -2.54. The van der Waals surface area contributed by atoms with Crippen LogP contribution in [-0.4, -0.2) is 29.8 Å². The molecule has 0 heterocycles. The van der Waals surface area contributed by atoms with E-state index in [1.165, 1.54) is 6.92 Å². The molecule has 2 aromatic carbocycles. The number of nitrogens with one attached hydrogen (secondary N) is 2. The van der Waals surface area contributed by atoms with E-state index >= 15 is 0 Å². The highest BCUT2D eigenvalue weighted by atomic mass is 35.5. The van der Waals surface area contributed by atoms with Crippen molar-refractivity contribution in [1.29, 1.82) is 0 Å². The fraction of sp³-hybridized carbons (Fsp3) is 0.250. The highest BCUT2D eigenvalue weighted by molar-refractivity contribution is 6.31. The van der Waals surface area contributed by atoms with Crippen LogP contribution in [0.2, 0.25) is 5.02 Å². The molecule has 27 heavy (non-hydrogen) atoms. The van der Waals surface area contributed by atoms with E-state index in [-0.39, 0.29) is 12.3 Å². The standard InChI is InChI=1S/C20H22ClN3O3/c1-13(25)23-18(11-14-7-3-2-4-8-14)20(27)24-17(19(22)26)12-15-9-5-6-10-16(15)21/h2-10,17-18H,11-12H2,1H3,(H2,22,26)(H,23,25)(H,24,27)/t17-,18-/m0/s1. The first-order chi connectivity index (χ1) is 12.9. The minimum Gasteiger partial charge on any atom is -0.368 e. The first-order valence-electron chi connectivity index (χ1n) is 8.51. The molecule has 0 saturated heterocycles. The Balaban J connectivity index is 2.13. The second-order valence-electron chi connectivity index (χ2n) is 6.20. The van der Waals surface area contributed by atoms with Crippen molar-refractivity contribution < 1.29 is 14.4 Å². The Morgan fingerprint density at radius 1 is 0.926 bits per heavy atom. The molecule has 0 aliphatic heterocycles. The molecule has 0 fully saturated rings. The maximum atomic E-state index is 12.7. The number of hydrogen-bond donors (Lipinski definition) is 3. The topological polar surface area (TPSA) is 101 Å². The molecule has 4 N–H and O–H groups in total. The number of benzene rings is 2. The van der Waals surface area contributed by atoms with Gasteiger partial charge in [0.1, 0.15) is 12.1 Å². The molecule has 0 saturated carbocycles. The normalized spacial score (nSPS) is 12.7. The van der Waals surface area contributed by atoms with Crippen molar-refractivity contribution in [3.05, 3.63) is 70.7 Å². The largest absolute Gasteiger partial charge is 0.368 e. The van der Waals surface area contributed by atoms with Crippen LogP contribution in [0.1, 0.15) is 18.1 Å². The lowest BCUT2D eigenvalue weighted by molar-refractivity contribution is -0.130. The SMILES string of the molecule is CC(=O)N[C@@H](Cc1ccccc1)C(=O)N[C@@H](Cc1ccccc1Cl)C(N)=O. The van der Waals surface area contributed by atoms with Gasteiger partial charge >= 0.3 is 0 Å². The molecule has 2 atom stereocenters. The number of carbonyl (C=O) groups is 3. The number of rotatable bonds is 8. The predicted molar refractivity (Wildman–Crippen MR) is 104 cm³/mol. The molecular formula is C20H22ClN3O3. The molecule has 6 nitrogen and oxygen atoms in total. The van der Waals surface area contributed by atoms with Gasteiger partial charge in [-0.1, -0.05) is 60.1 Å². The van der Waals surface area contributed by atoms with Crippen LogP contribution >= 0.6 is 11.6 Å². The fourth-order valence-corrected chi connectivity index (χ4v) is 2.90. The smallest absolute Gasteiger partial charge is 0.243 e. The Morgan fingerprint density at radius 2 is 1.56 bits per heavy atom. The molecule has 2 rings (SSSR count). The maximum Gasteiger partial charge on any atom is 0.243 e. The number of carbonyl (C=O) groups excluding carboxylic acids is 3. The summed E-state index contributed by atoms with van der Waals surface area (Å²) >= 11 is 6.13. The third-order valence-corrected chi connectivity index (χ3v) is 4.39. The van der Waals surface area contributed by atoms with Crippen molar-refractivity contribution in [2.24, 2.45) is 5.73 Å². The second kappa shape index (κ2) is 9.73. The highest BCUT2D eigenvalue weighted by Crippen LogP contribution is 2.16. The van der Waals surface area contributed by atoms with Crippen molar-refractivity contribution >= 4 is 29.3 Å². The number of hydrogen-bond acceptors (Lipinski definition) is 3. The average molecular weight is 388 g/mol. The van der Waals surface area contributed by atoms with E-state index in [0.29, 0.717) is 17.0 Å².